The zero-order chi connectivity index (χ0) is 17.7. The largest absolute Gasteiger partial charge is 0.325 e. The molecule has 2 aromatic rings. The summed E-state index contributed by atoms with van der Waals surface area (Å²) >= 11 is 5.75. The molecule has 0 saturated heterocycles. The van der Waals surface area contributed by atoms with E-state index in [4.69, 9.17) is 11.6 Å². The van der Waals surface area contributed by atoms with E-state index in [1.807, 2.05) is 19.1 Å². The van der Waals surface area contributed by atoms with Crippen LogP contribution in [-0.2, 0) is 21.2 Å². The number of carbonyl (C=O) groups is 1. The summed E-state index contributed by atoms with van der Waals surface area (Å²) in [4.78, 5) is 12.2. The number of benzene rings is 2. The van der Waals surface area contributed by atoms with Gasteiger partial charge < -0.3 is 5.32 Å². The lowest BCUT2D eigenvalue weighted by atomic mass is 10.1. The van der Waals surface area contributed by atoms with Crippen LogP contribution in [0.25, 0.3) is 0 Å². The van der Waals surface area contributed by atoms with Gasteiger partial charge in [0.15, 0.2) is 0 Å². The topological polar surface area (TPSA) is 75.3 Å². The first-order valence-electron chi connectivity index (χ1n) is 7.49. The number of hydrogen-bond acceptors (Lipinski definition) is 3. The van der Waals surface area contributed by atoms with Gasteiger partial charge in [-0.1, -0.05) is 30.7 Å². The molecule has 0 aliphatic heterocycles. The molecular weight excluding hydrogens is 348 g/mol. The van der Waals surface area contributed by atoms with Crippen LogP contribution in [0.4, 0.5) is 5.69 Å². The predicted octanol–water partition coefficient (Wildman–Crippen LogP) is 3.21. The monoisotopic (exact) mass is 366 g/mol. The molecule has 1 atom stereocenters. The van der Waals surface area contributed by atoms with Crippen molar-refractivity contribution in [1.29, 1.82) is 0 Å². The molecular formula is C17H19ClN2O3S. The fourth-order valence-corrected chi connectivity index (χ4v) is 3.37. The number of halogens is 1. The molecule has 24 heavy (non-hydrogen) atoms. The Labute approximate surface area is 147 Å². The van der Waals surface area contributed by atoms with Crippen LogP contribution in [0.1, 0.15) is 19.4 Å². The van der Waals surface area contributed by atoms with Gasteiger partial charge in [0.1, 0.15) is 0 Å². The van der Waals surface area contributed by atoms with Gasteiger partial charge in [0.2, 0.25) is 15.9 Å². The Morgan fingerprint density at radius 3 is 2.21 bits per heavy atom. The maximum atomic E-state index is 12.3. The zero-order valence-corrected chi connectivity index (χ0v) is 15.0. The highest BCUT2D eigenvalue weighted by Gasteiger charge is 2.22. The van der Waals surface area contributed by atoms with E-state index in [9.17, 15) is 13.2 Å². The standard InChI is InChI=1S/C17H19ClN2O3S/c1-3-13-4-8-15(9-5-13)19-17(21)12(2)20-24(22,23)16-10-6-14(18)7-11-16/h4-12,20H,3H2,1-2H3,(H,19,21)/t12-/m0/s1. The van der Waals surface area contributed by atoms with Gasteiger partial charge in [0.25, 0.3) is 0 Å². The van der Waals surface area contributed by atoms with Crippen LogP contribution in [0.3, 0.4) is 0 Å². The molecule has 0 aromatic heterocycles. The summed E-state index contributed by atoms with van der Waals surface area (Å²) < 4.78 is 26.9. The first-order chi connectivity index (χ1) is 11.3. The van der Waals surface area contributed by atoms with Crippen LogP contribution in [0, 0.1) is 0 Å². The summed E-state index contributed by atoms with van der Waals surface area (Å²) in [6.45, 7) is 3.53. The van der Waals surface area contributed by atoms with E-state index in [2.05, 4.69) is 10.0 Å². The van der Waals surface area contributed by atoms with Gasteiger partial charge in [-0.25, -0.2) is 8.42 Å². The fourth-order valence-electron chi connectivity index (χ4n) is 2.04. The molecule has 0 aliphatic rings. The predicted molar refractivity (Wildman–Crippen MR) is 95.7 cm³/mol. The van der Waals surface area contributed by atoms with Crippen LogP contribution in [-0.4, -0.2) is 20.4 Å². The summed E-state index contributed by atoms with van der Waals surface area (Å²) in [6.07, 6.45) is 0.908. The van der Waals surface area contributed by atoms with Gasteiger partial charge in [-0.05, 0) is 55.3 Å². The summed E-state index contributed by atoms with van der Waals surface area (Å²) in [5.74, 6) is -0.434. The van der Waals surface area contributed by atoms with E-state index in [0.29, 0.717) is 10.7 Å². The van der Waals surface area contributed by atoms with Crippen LogP contribution in [0.5, 0.6) is 0 Å². The number of carbonyl (C=O) groups excluding carboxylic acids is 1. The van der Waals surface area contributed by atoms with Crippen LogP contribution in [0.2, 0.25) is 5.02 Å². The van der Waals surface area contributed by atoms with E-state index < -0.39 is 22.0 Å². The van der Waals surface area contributed by atoms with Crippen molar-refractivity contribution in [2.45, 2.75) is 31.2 Å². The quantitative estimate of drug-likeness (QED) is 0.824. The Hall–Kier alpha value is -1.89. The van der Waals surface area contributed by atoms with Gasteiger partial charge in [-0.2, -0.15) is 4.72 Å². The average Bonchev–Trinajstić information content (AvgIpc) is 2.55. The maximum absolute atomic E-state index is 12.3. The first-order valence-corrected chi connectivity index (χ1v) is 9.35. The summed E-state index contributed by atoms with van der Waals surface area (Å²) in [7, 11) is -3.79. The van der Waals surface area contributed by atoms with Gasteiger partial charge in [-0.3, -0.25) is 4.79 Å². The number of nitrogens with one attached hydrogen (secondary N) is 2. The van der Waals surface area contributed by atoms with Crippen molar-refractivity contribution in [1.82, 2.24) is 4.72 Å². The van der Waals surface area contributed by atoms with E-state index in [0.717, 1.165) is 12.0 Å². The molecule has 0 heterocycles. The number of sulfonamides is 1. The summed E-state index contributed by atoms with van der Waals surface area (Å²) in [5, 5.41) is 3.13. The second kappa shape index (κ2) is 7.79. The molecule has 2 N–H and O–H groups in total. The highest BCUT2D eigenvalue weighted by Crippen LogP contribution is 2.15. The van der Waals surface area contributed by atoms with Gasteiger partial charge in [0.05, 0.1) is 10.9 Å². The molecule has 0 saturated carbocycles. The van der Waals surface area contributed by atoms with Gasteiger partial charge in [0, 0.05) is 10.7 Å². The Kier molecular flexibility index (Phi) is 5.99. The second-order valence-corrected chi connectivity index (χ2v) is 7.49. The maximum Gasteiger partial charge on any atom is 0.242 e. The second-order valence-electron chi connectivity index (χ2n) is 5.34. The van der Waals surface area contributed by atoms with Crippen molar-refractivity contribution in [3.8, 4) is 0 Å². The van der Waals surface area contributed by atoms with Gasteiger partial charge in [-0.15, -0.1) is 0 Å². The van der Waals surface area contributed by atoms with Crippen molar-refractivity contribution in [2.24, 2.45) is 0 Å². The number of hydrogen-bond donors (Lipinski definition) is 2. The molecule has 1 amide bonds. The lowest BCUT2D eigenvalue weighted by Gasteiger charge is -2.14. The van der Waals surface area contributed by atoms with E-state index >= 15 is 0 Å². The Morgan fingerprint density at radius 1 is 1.08 bits per heavy atom. The highest BCUT2D eigenvalue weighted by molar-refractivity contribution is 7.89. The van der Waals surface area contributed by atoms with E-state index in [-0.39, 0.29) is 4.90 Å². The third kappa shape index (κ3) is 4.80. The number of anilines is 1. The van der Waals surface area contributed by atoms with Crippen molar-refractivity contribution < 1.29 is 13.2 Å². The van der Waals surface area contributed by atoms with Crippen LogP contribution in [0.15, 0.2) is 53.4 Å². The summed E-state index contributed by atoms with van der Waals surface area (Å²) in [6, 6.07) is 12.2. The van der Waals surface area contributed by atoms with Crippen molar-refractivity contribution in [3.63, 3.8) is 0 Å². The van der Waals surface area contributed by atoms with Crippen LogP contribution >= 0.6 is 11.6 Å². The molecule has 128 valence electrons. The van der Waals surface area contributed by atoms with Crippen molar-refractivity contribution in [3.05, 3.63) is 59.1 Å². The molecule has 0 radical (unpaired) electrons. The molecule has 0 fully saturated rings. The molecule has 2 aromatic carbocycles. The lowest BCUT2D eigenvalue weighted by Crippen LogP contribution is -2.41. The molecule has 7 heteroatoms. The van der Waals surface area contributed by atoms with E-state index in [1.54, 1.807) is 12.1 Å². The number of rotatable bonds is 6. The minimum absolute atomic E-state index is 0.0545. The molecule has 0 unspecified atom stereocenters. The van der Waals surface area contributed by atoms with Crippen molar-refractivity contribution >= 4 is 33.2 Å². The minimum Gasteiger partial charge on any atom is -0.325 e. The Morgan fingerprint density at radius 2 is 1.67 bits per heavy atom. The van der Waals surface area contributed by atoms with Gasteiger partial charge >= 0.3 is 0 Å². The normalized spacial score (nSPS) is 12.6. The third-order valence-corrected chi connectivity index (χ3v) is 5.29. The molecule has 0 aliphatic carbocycles. The van der Waals surface area contributed by atoms with E-state index in [1.165, 1.54) is 31.2 Å². The number of aryl methyl sites for hydroxylation is 1. The SMILES string of the molecule is CCc1ccc(NC(=O)[C@H](C)NS(=O)(=O)c2ccc(Cl)cc2)cc1. The average molecular weight is 367 g/mol. The van der Waals surface area contributed by atoms with Crippen molar-refractivity contribution in [2.75, 3.05) is 5.32 Å². The minimum atomic E-state index is -3.79. The Bertz CT molecular complexity index is 803. The zero-order valence-electron chi connectivity index (χ0n) is 13.4. The molecule has 0 spiro atoms. The first kappa shape index (κ1) is 18.4. The lowest BCUT2D eigenvalue weighted by molar-refractivity contribution is -0.117. The third-order valence-electron chi connectivity index (χ3n) is 3.48. The molecule has 0 bridgehead atoms. The molecule has 5 nitrogen and oxygen atoms in total. The fraction of sp³-hybridized carbons (Fsp3) is 0.235. The summed E-state index contributed by atoms with van der Waals surface area (Å²) in [5.41, 5.74) is 1.78. The Balaban J connectivity index is 2.03. The highest BCUT2D eigenvalue weighted by atomic mass is 35.5. The smallest absolute Gasteiger partial charge is 0.242 e. The molecule has 2 rings (SSSR count). The van der Waals surface area contributed by atoms with Crippen LogP contribution < -0.4 is 10.0 Å². The number of amides is 1.